The van der Waals surface area contributed by atoms with Gasteiger partial charge in [0.15, 0.2) is 5.54 Å². The van der Waals surface area contributed by atoms with Gasteiger partial charge in [-0.15, -0.1) is 0 Å². The number of carbonyl (C=O) groups excluding carboxylic acids is 5. The minimum Gasteiger partial charge on any atom is -0.467 e. The Hall–Kier alpha value is -5.12. The zero-order valence-corrected chi connectivity index (χ0v) is 31.4. The number of anilines is 1. The fourth-order valence-electron chi connectivity index (χ4n) is 5.90. The number of H-pyrrole nitrogens is 1. The van der Waals surface area contributed by atoms with Crippen LogP contribution in [-0.4, -0.2) is 86.7 Å². The number of benzene rings is 2. The summed E-state index contributed by atoms with van der Waals surface area (Å²) in [5.74, 6) is -3.39. The number of ether oxygens (including phenoxy) is 2. The number of amides is 4. The number of nitrogens with two attached hydrogens (primary N) is 2. The SMILES string of the molecule is CCC(C)[C@](C(=O)OC)(c1ccccc1)N(C(=O)CC(O)[C@@H](N)Cc1cccc(NC(=O)[C@H](Cc2cnc[nH]2)NC(=O)C(C)N)c1)C(=O)OC(C)(C)C. The number of esters is 1. The summed E-state index contributed by atoms with van der Waals surface area (Å²) in [6, 6.07) is 12.3. The molecule has 53 heavy (non-hydrogen) atoms. The van der Waals surface area contributed by atoms with Crippen molar-refractivity contribution in [2.75, 3.05) is 12.4 Å². The quantitative estimate of drug-likeness (QED) is 0.117. The highest BCUT2D eigenvalue weighted by Gasteiger charge is 2.56. The van der Waals surface area contributed by atoms with Crippen LogP contribution in [-0.2, 0) is 47.0 Å². The Labute approximate surface area is 310 Å². The van der Waals surface area contributed by atoms with E-state index in [4.69, 9.17) is 20.9 Å². The van der Waals surface area contributed by atoms with Gasteiger partial charge in [0, 0.05) is 30.0 Å². The first-order chi connectivity index (χ1) is 24.9. The van der Waals surface area contributed by atoms with Crippen molar-refractivity contribution in [2.24, 2.45) is 17.4 Å². The third-order valence-electron chi connectivity index (χ3n) is 8.78. The molecule has 6 atom stereocenters. The van der Waals surface area contributed by atoms with Crippen LogP contribution in [0.15, 0.2) is 67.1 Å². The van der Waals surface area contributed by atoms with E-state index in [-0.39, 0.29) is 12.8 Å². The van der Waals surface area contributed by atoms with Crippen LogP contribution in [0, 0.1) is 5.92 Å². The average molecular weight is 736 g/mol. The minimum atomic E-state index is -1.93. The number of rotatable bonds is 16. The Bertz CT molecular complexity index is 1690. The lowest BCUT2D eigenvalue weighted by molar-refractivity contribution is -0.167. The maximum atomic E-state index is 14.3. The Morgan fingerprint density at radius 3 is 2.23 bits per heavy atom. The average Bonchev–Trinajstić information content (AvgIpc) is 3.62. The zero-order chi connectivity index (χ0) is 39.5. The fourth-order valence-corrected chi connectivity index (χ4v) is 5.90. The molecule has 3 aromatic rings. The monoisotopic (exact) mass is 735 g/mol. The first kappa shape index (κ1) is 42.3. The van der Waals surface area contributed by atoms with E-state index in [1.165, 1.54) is 20.4 Å². The van der Waals surface area contributed by atoms with Gasteiger partial charge in [-0.2, -0.15) is 0 Å². The smallest absolute Gasteiger partial charge is 0.418 e. The summed E-state index contributed by atoms with van der Waals surface area (Å²) in [6.07, 6.45) is 0.395. The van der Waals surface area contributed by atoms with Gasteiger partial charge in [0.1, 0.15) is 11.6 Å². The molecule has 0 aliphatic carbocycles. The van der Waals surface area contributed by atoms with Crippen LogP contribution in [0.2, 0.25) is 0 Å². The third-order valence-corrected chi connectivity index (χ3v) is 8.78. The summed E-state index contributed by atoms with van der Waals surface area (Å²) in [7, 11) is 1.18. The highest BCUT2D eigenvalue weighted by atomic mass is 16.6. The van der Waals surface area contributed by atoms with Gasteiger partial charge >= 0.3 is 12.1 Å². The number of hydrogen-bond acceptors (Lipinski definition) is 11. The molecular weight excluding hydrogens is 682 g/mol. The summed E-state index contributed by atoms with van der Waals surface area (Å²) >= 11 is 0. The maximum Gasteiger partial charge on any atom is 0.418 e. The van der Waals surface area contributed by atoms with Crippen molar-refractivity contribution >= 4 is 35.5 Å². The fraction of sp³-hybridized carbons (Fsp3) is 0.474. The lowest BCUT2D eigenvalue weighted by Crippen LogP contribution is -2.62. The van der Waals surface area contributed by atoms with Crippen LogP contribution >= 0.6 is 0 Å². The topological polar surface area (TPSA) is 232 Å². The lowest BCUT2D eigenvalue weighted by Gasteiger charge is -2.44. The van der Waals surface area contributed by atoms with Crippen molar-refractivity contribution in [1.82, 2.24) is 20.2 Å². The number of aliphatic hydroxyl groups is 1. The number of aromatic nitrogens is 2. The number of hydrogen-bond donors (Lipinski definition) is 6. The van der Waals surface area contributed by atoms with E-state index in [2.05, 4.69) is 20.6 Å². The number of methoxy groups -OCH3 is 1. The van der Waals surface area contributed by atoms with Gasteiger partial charge in [-0.3, -0.25) is 14.4 Å². The molecule has 1 heterocycles. The van der Waals surface area contributed by atoms with Crippen LogP contribution in [0.4, 0.5) is 10.5 Å². The highest BCUT2D eigenvalue weighted by molar-refractivity contribution is 6.00. The van der Waals surface area contributed by atoms with Crippen LogP contribution < -0.4 is 22.1 Å². The summed E-state index contributed by atoms with van der Waals surface area (Å²) in [5.41, 5.74) is 11.2. The molecule has 0 spiro atoms. The van der Waals surface area contributed by atoms with Gasteiger partial charge in [-0.25, -0.2) is 19.5 Å². The van der Waals surface area contributed by atoms with Gasteiger partial charge in [0.05, 0.1) is 32.0 Å². The largest absolute Gasteiger partial charge is 0.467 e. The number of imide groups is 1. The predicted molar refractivity (Wildman–Crippen MR) is 198 cm³/mol. The Balaban J connectivity index is 1.87. The number of carbonyl (C=O) groups is 5. The molecule has 4 amide bonds. The van der Waals surface area contributed by atoms with Crippen molar-refractivity contribution in [1.29, 1.82) is 0 Å². The Morgan fingerprint density at radius 1 is 0.981 bits per heavy atom. The summed E-state index contributed by atoms with van der Waals surface area (Å²) in [6.45, 7) is 9.97. The van der Waals surface area contributed by atoms with Gasteiger partial charge in [-0.1, -0.05) is 62.7 Å². The molecule has 0 aliphatic heterocycles. The molecule has 3 rings (SSSR count). The predicted octanol–water partition coefficient (Wildman–Crippen LogP) is 2.92. The van der Waals surface area contributed by atoms with Crippen LogP contribution in [0.5, 0.6) is 0 Å². The number of imidazole rings is 1. The van der Waals surface area contributed by atoms with E-state index in [9.17, 15) is 29.1 Å². The molecule has 0 bridgehead atoms. The minimum absolute atomic E-state index is 0.0653. The van der Waals surface area contributed by atoms with Crippen molar-refractivity contribution in [3.8, 4) is 0 Å². The Morgan fingerprint density at radius 2 is 1.66 bits per heavy atom. The van der Waals surface area contributed by atoms with E-state index in [1.807, 2.05) is 6.92 Å². The normalized spacial score (nSPS) is 15.4. The molecule has 0 saturated heterocycles. The van der Waals surface area contributed by atoms with E-state index in [1.54, 1.807) is 88.5 Å². The molecule has 0 saturated carbocycles. The molecule has 15 heteroatoms. The number of aliphatic hydroxyl groups excluding tert-OH is 1. The van der Waals surface area contributed by atoms with Crippen LogP contribution in [0.25, 0.3) is 0 Å². The van der Waals surface area contributed by atoms with E-state index in [0.29, 0.717) is 28.9 Å². The first-order valence-electron chi connectivity index (χ1n) is 17.5. The third kappa shape index (κ3) is 10.9. The molecule has 0 fully saturated rings. The number of nitrogens with one attached hydrogen (secondary N) is 3. The summed E-state index contributed by atoms with van der Waals surface area (Å²) < 4.78 is 10.9. The molecule has 15 nitrogen and oxygen atoms in total. The second kappa shape index (κ2) is 18.6. The van der Waals surface area contributed by atoms with Crippen molar-refractivity contribution in [2.45, 2.75) is 103 Å². The molecule has 0 radical (unpaired) electrons. The molecule has 288 valence electrons. The van der Waals surface area contributed by atoms with E-state index in [0.717, 1.165) is 4.90 Å². The molecule has 1 aromatic heterocycles. The van der Waals surface area contributed by atoms with Crippen LogP contribution in [0.3, 0.4) is 0 Å². The number of nitrogens with zero attached hydrogens (tertiary/aromatic N) is 2. The molecule has 3 unspecified atom stereocenters. The van der Waals surface area contributed by atoms with Gasteiger partial charge < -0.3 is 41.7 Å². The highest BCUT2D eigenvalue weighted by Crippen LogP contribution is 2.41. The second-order valence-electron chi connectivity index (χ2n) is 14.1. The van der Waals surface area contributed by atoms with Crippen molar-refractivity contribution in [3.05, 3.63) is 83.9 Å². The molecule has 8 N–H and O–H groups in total. The summed E-state index contributed by atoms with van der Waals surface area (Å²) in [5, 5.41) is 16.8. The van der Waals surface area contributed by atoms with E-state index >= 15 is 0 Å². The van der Waals surface area contributed by atoms with Crippen molar-refractivity contribution in [3.63, 3.8) is 0 Å². The van der Waals surface area contributed by atoms with Crippen LogP contribution in [0.1, 0.15) is 71.2 Å². The van der Waals surface area contributed by atoms with Gasteiger partial charge in [0.2, 0.25) is 17.7 Å². The van der Waals surface area contributed by atoms with Crippen molar-refractivity contribution < 1.29 is 38.6 Å². The summed E-state index contributed by atoms with van der Waals surface area (Å²) in [4.78, 5) is 75.4. The first-order valence-corrected chi connectivity index (χ1v) is 17.5. The number of aromatic amines is 1. The standard InChI is InChI=1S/C38H53N7O8/c1-8-23(2)38(35(50)52-7,26-14-10-9-11-15-26)45(36(51)53-37(4,5)6)32(47)20-31(46)29(40)18-25-13-12-16-27(17-25)43-34(49)30(44-33(48)24(3)39)19-28-21-41-22-42-28/h9-17,21-24,29-31,46H,8,18-20,39-40H2,1-7H3,(H,41,42)(H,43,49)(H,44,48)/t23?,24?,29-,30-,31?,38+/m0/s1. The molecule has 0 aliphatic rings. The zero-order valence-electron chi connectivity index (χ0n) is 31.4. The second-order valence-corrected chi connectivity index (χ2v) is 14.1. The van der Waals surface area contributed by atoms with E-state index < -0.39 is 77.5 Å². The lowest BCUT2D eigenvalue weighted by atomic mass is 9.75. The molecule has 2 aromatic carbocycles. The Kier molecular flexibility index (Phi) is 14.8. The maximum absolute atomic E-state index is 14.3. The van der Waals surface area contributed by atoms with Gasteiger partial charge in [-0.05, 0) is 63.3 Å². The molecular formula is C38H53N7O8. The van der Waals surface area contributed by atoms with Gasteiger partial charge in [0.25, 0.3) is 0 Å².